The molecule has 0 aromatic heterocycles. The highest BCUT2D eigenvalue weighted by atomic mass is 16.6. The molecule has 10 nitrogen and oxygen atoms in total. The lowest BCUT2D eigenvalue weighted by molar-refractivity contribution is -0.166. The van der Waals surface area contributed by atoms with E-state index in [2.05, 4.69) is 11.9 Å². The number of rotatable bonds is 9. The van der Waals surface area contributed by atoms with Crippen LogP contribution in [-0.4, -0.2) is 77.4 Å². The molecule has 1 fully saturated rings. The Labute approximate surface area is 216 Å². The van der Waals surface area contributed by atoms with Crippen LogP contribution in [0.3, 0.4) is 0 Å². The number of hydrogen-bond acceptors (Lipinski definition) is 8. The molecule has 3 rings (SSSR count). The van der Waals surface area contributed by atoms with Crippen LogP contribution in [0.1, 0.15) is 51.1 Å². The highest BCUT2D eigenvalue weighted by molar-refractivity contribution is 5.95. The van der Waals surface area contributed by atoms with E-state index < -0.39 is 36.1 Å². The molecule has 1 aliphatic rings. The Hall–Kier alpha value is -3.76. The van der Waals surface area contributed by atoms with Gasteiger partial charge in [-0.05, 0) is 77.5 Å². The Morgan fingerprint density at radius 1 is 0.865 bits per heavy atom. The second-order valence-corrected chi connectivity index (χ2v) is 8.91. The molecular weight excluding hydrogens is 480 g/mol. The molecule has 10 heteroatoms. The Bertz CT molecular complexity index is 993. The maximum Gasteiger partial charge on any atom is 0.349 e. The summed E-state index contributed by atoms with van der Waals surface area (Å²) in [6.45, 7) is 5.69. The van der Waals surface area contributed by atoms with Crippen molar-refractivity contribution in [3.63, 3.8) is 0 Å². The first-order valence-electron chi connectivity index (χ1n) is 11.9. The number of likely N-dealkylation sites (tertiary alicyclic amines) is 1. The highest BCUT2D eigenvalue weighted by Crippen LogP contribution is 2.17. The maximum atomic E-state index is 12.2. The van der Waals surface area contributed by atoms with Crippen LogP contribution in [0, 0.1) is 13.8 Å². The third kappa shape index (κ3) is 9.00. The molecule has 0 amide bonds. The summed E-state index contributed by atoms with van der Waals surface area (Å²) in [7, 11) is 2.19. The van der Waals surface area contributed by atoms with E-state index in [0.29, 0.717) is 0 Å². The molecule has 1 heterocycles. The smallest absolute Gasteiger partial charge is 0.349 e. The summed E-state index contributed by atoms with van der Waals surface area (Å²) in [6, 6.07) is 12.9. The zero-order valence-corrected chi connectivity index (χ0v) is 21.3. The highest BCUT2D eigenvalue weighted by Gasteiger charge is 2.41. The molecule has 4 N–H and O–H groups in total. The number of carbonyl (C=O) groups excluding carboxylic acids is 2. The molecule has 0 spiro atoms. The zero-order chi connectivity index (χ0) is 27.5. The molecule has 0 saturated carbocycles. The van der Waals surface area contributed by atoms with Gasteiger partial charge in [0.25, 0.3) is 0 Å². The lowest BCUT2D eigenvalue weighted by atomic mass is 10.1. The molecule has 0 bridgehead atoms. The quantitative estimate of drug-likeness (QED) is 0.425. The fourth-order valence-corrected chi connectivity index (χ4v) is 3.77. The third-order valence-electron chi connectivity index (χ3n) is 5.98. The van der Waals surface area contributed by atoms with Crippen LogP contribution in [-0.2, 0) is 19.1 Å². The number of nitrogens with zero attached hydrogens (tertiary/aromatic N) is 1. The predicted octanol–water partition coefficient (Wildman–Crippen LogP) is 2.65. The van der Waals surface area contributed by atoms with Crippen molar-refractivity contribution in [2.75, 3.05) is 20.1 Å². The molecule has 1 saturated heterocycles. The van der Waals surface area contributed by atoms with Gasteiger partial charge in [0.1, 0.15) is 0 Å². The molecule has 3 atom stereocenters. The molecule has 0 unspecified atom stereocenters. The Morgan fingerprint density at radius 2 is 1.27 bits per heavy atom. The number of ether oxygens (including phenoxy) is 2. The van der Waals surface area contributed by atoms with Crippen LogP contribution >= 0.6 is 0 Å². The van der Waals surface area contributed by atoms with Gasteiger partial charge in [-0.2, -0.15) is 0 Å². The maximum absolute atomic E-state index is 12.2. The lowest BCUT2D eigenvalue weighted by Gasteiger charge is -2.21. The summed E-state index contributed by atoms with van der Waals surface area (Å²) in [5.74, 6) is -5.62. The second-order valence-electron chi connectivity index (χ2n) is 8.91. The van der Waals surface area contributed by atoms with Crippen molar-refractivity contribution in [2.24, 2.45) is 5.73 Å². The van der Waals surface area contributed by atoms with E-state index in [1.807, 2.05) is 0 Å². The summed E-state index contributed by atoms with van der Waals surface area (Å²) in [5.41, 5.74) is 7.24. The van der Waals surface area contributed by atoms with E-state index in [9.17, 15) is 29.4 Å². The molecule has 37 heavy (non-hydrogen) atoms. The standard InChI is InChI=1S/C20H18O8.C7H16N2/c1-11-3-7-13(8-4-11)19(25)27-15(17(21)22)16(18(23)24)28-20(26)14-9-5-12(2)6-10-14;1-9-6-2-3-7(9)4-5-8/h3-10,15-16H,1-2H3,(H,21,22)(H,23,24);7H,2-6,8H2,1H3/t15-,16-;7-/m00/s1. The van der Waals surface area contributed by atoms with E-state index in [0.717, 1.165) is 23.7 Å². The van der Waals surface area contributed by atoms with Gasteiger partial charge in [-0.1, -0.05) is 35.4 Å². The molecular formula is C27H34N2O8. The van der Waals surface area contributed by atoms with Crippen molar-refractivity contribution in [1.29, 1.82) is 0 Å². The van der Waals surface area contributed by atoms with E-state index in [1.54, 1.807) is 38.1 Å². The number of nitrogens with two attached hydrogens (primary N) is 1. The Kier molecular flexibility index (Phi) is 11.2. The summed E-state index contributed by atoms with van der Waals surface area (Å²) < 4.78 is 9.64. The van der Waals surface area contributed by atoms with Crippen molar-refractivity contribution in [1.82, 2.24) is 4.90 Å². The fourth-order valence-electron chi connectivity index (χ4n) is 3.77. The first-order valence-corrected chi connectivity index (χ1v) is 11.9. The molecule has 0 aliphatic carbocycles. The average Bonchev–Trinajstić information content (AvgIpc) is 3.26. The van der Waals surface area contributed by atoms with Gasteiger partial charge in [0, 0.05) is 6.04 Å². The van der Waals surface area contributed by atoms with Gasteiger partial charge >= 0.3 is 23.9 Å². The number of aryl methyl sites for hydroxylation is 2. The summed E-state index contributed by atoms with van der Waals surface area (Å²) in [6.07, 6.45) is -0.549. The molecule has 2 aromatic carbocycles. The van der Waals surface area contributed by atoms with Crippen molar-refractivity contribution in [3.05, 3.63) is 70.8 Å². The number of carboxylic acids is 2. The van der Waals surface area contributed by atoms with Crippen LogP contribution in [0.4, 0.5) is 0 Å². The normalized spacial score (nSPS) is 16.6. The minimum Gasteiger partial charge on any atom is -0.478 e. The van der Waals surface area contributed by atoms with Gasteiger partial charge in [0.15, 0.2) is 0 Å². The average molecular weight is 515 g/mol. The second kappa shape index (κ2) is 14.1. The van der Waals surface area contributed by atoms with E-state index in [4.69, 9.17) is 15.2 Å². The van der Waals surface area contributed by atoms with Crippen LogP contribution in [0.5, 0.6) is 0 Å². The number of aliphatic carboxylic acids is 2. The molecule has 0 radical (unpaired) electrons. The van der Waals surface area contributed by atoms with Crippen molar-refractivity contribution in [3.8, 4) is 0 Å². The SMILES string of the molecule is CN1CCC[C@H]1CCN.Cc1ccc(C(=O)O[C@H](C(=O)O)[C@H](OC(=O)c2ccc(C)cc2)C(=O)O)cc1. The summed E-state index contributed by atoms with van der Waals surface area (Å²) in [4.78, 5) is 49.7. The van der Waals surface area contributed by atoms with E-state index >= 15 is 0 Å². The van der Waals surface area contributed by atoms with Crippen molar-refractivity contribution in [2.45, 2.75) is 51.4 Å². The molecule has 1 aliphatic heterocycles. The minimum absolute atomic E-state index is 0.0332. The number of benzene rings is 2. The van der Waals surface area contributed by atoms with E-state index in [1.165, 1.54) is 50.1 Å². The number of carbonyl (C=O) groups is 4. The number of hydrogen-bond donors (Lipinski definition) is 3. The molecule has 200 valence electrons. The van der Waals surface area contributed by atoms with Crippen LogP contribution in [0.2, 0.25) is 0 Å². The van der Waals surface area contributed by atoms with Crippen LogP contribution in [0.25, 0.3) is 0 Å². The van der Waals surface area contributed by atoms with Crippen LogP contribution < -0.4 is 5.73 Å². The van der Waals surface area contributed by atoms with E-state index in [-0.39, 0.29) is 11.1 Å². The van der Waals surface area contributed by atoms with Gasteiger partial charge in [-0.3, -0.25) is 0 Å². The van der Waals surface area contributed by atoms with Gasteiger partial charge in [-0.25, -0.2) is 19.2 Å². The zero-order valence-electron chi connectivity index (χ0n) is 21.3. The molecule has 2 aromatic rings. The van der Waals surface area contributed by atoms with Gasteiger partial charge < -0.3 is 30.3 Å². The Morgan fingerprint density at radius 3 is 1.57 bits per heavy atom. The topological polar surface area (TPSA) is 156 Å². The largest absolute Gasteiger partial charge is 0.478 e. The third-order valence-corrected chi connectivity index (χ3v) is 5.98. The van der Waals surface area contributed by atoms with Crippen molar-refractivity contribution < 1.29 is 38.9 Å². The predicted molar refractivity (Wildman–Crippen MR) is 135 cm³/mol. The van der Waals surface area contributed by atoms with Crippen molar-refractivity contribution >= 4 is 23.9 Å². The number of carboxylic acid groups (broad SMARTS) is 2. The van der Waals surface area contributed by atoms with Crippen LogP contribution in [0.15, 0.2) is 48.5 Å². The lowest BCUT2D eigenvalue weighted by Crippen LogP contribution is -2.45. The summed E-state index contributed by atoms with van der Waals surface area (Å²) >= 11 is 0. The first-order chi connectivity index (χ1) is 17.5. The number of esters is 2. The Balaban J connectivity index is 0.000000449. The minimum atomic E-state index is -2.22. The van der Waals surface area contributed by atoms with Gasteiger partial charge in [0.2, 0.25) is 12.2 Å². The summed E-state index contributed by atoms with van der Waals surface area (Å²) in [5, 5.41) is 18.6. The fraction of sp³-hybridized carbons (Fsp3) is 0.407. The van der Waals surface area contributed by atoms with Gasteiger partial charge in [0.05, 0.1) is 11.1 Å². The monoisotopic (exact) mass is 514 g/mol. The first kappa shape index (κ1) is 29.5. The van der Waals surface area contributed by atoms with Gasteiger partial charge in [-0.15, -0.1) is 0 Å².